The second kappa shape index (κ2) is 7.05. The van der Waals surface area contributed by atoms with Crippen molar-refractivity contribution in [3.8, 4) is 5.69 Å². The number of carboxylic acid groups (broad SMARTS) is 1. The fourth-order valence-electron chi connectivity index (χ4n) is 2.75. The molecule has 3 aromatic rings. The number of benzene rings is 2. The number of sulfonamides is 1. The fraction of sp³-hybridized carbons (Fsp3) is 0.111. The molecule has 9 heteroatoms. The van der Waals surface area contributed by atoms with Gasteiger partial charge in [-0.25, -0.2) is 17.9 Å². The molecule has 0 bridgehead atoms. The van der Waals surface area contributed by atoms with E-state index >= 15 is 0 Å². The lowest BCUT2D eigenvalue weighted by molar-refractivity contribution is 0.0696. The van der Waals surface area contributed by atoms with Crippen molar-refractivity contribution in [1.82, 2.24) is 9.78 Å². The largest absolute Gasteiger partial charge is 0.478 e. The number of halogens is 1. The van der Waals surface area contributed by atoms with E-state index in [1.54, 1.807) is 44.4 Å². The molecule has 3 rings (SSSR count). The van der Waals surface area contributed by atoms with Gasteiger partial charge in [0.25, 0.3) is 10.0 Å². The predicted molar refractivity (Wildman–Crippen MR) is 102 cm³/mol. The Hall–Kier alpha value is -2.84. The highest BCUT2D eigenvalue weighted by atomic mass is 35.5. The summed E-state index contributed by atoms with van der Waals surface area (Å²) in [4.78, 5) is 11.3. The van der Waals surface area contributed by atoms with Crippen LogP contribution in [0, 0.1) is 13.8 Å². The summed E-state index contributed by atoms with van der Waals surface area (Å²) in [5.74, 6) is -1.19. The van der Waals surface area contributed by atoms with Crippen LogP contribution in [0.3, 0.4) is 0 Å². The Morgan fingerprint density at radius 1 is 1.19 bits per heavy atom. The number of carbonyl (C=O) groups is 1. The minimum Gasteiger partial charge on any atom is -0.478 e. The van der Waals surface area contributed by atoms with Gasteiger partial charge in [-0.1, -0.05) is 17.7 Å². The molecule has 0 atom stereocenters. The first-order valence-electron chi connectivity index (χ1n) is 7.86. The third kappa shape index (κ3) is 3.81. The van der Waals surface area contributed by atoms with Crippen molar-refractivity contribution in [2.45, 2.75) is 18.7 Å². The number of rotatable bonds is 5. The van der Waals surface area contributed by atoms with Gasteiger partial charge in [-0.3, -0.25) is 4.72 Å². The van der Waals surface area contributed by atoms with Gasteiger partial charge < -0.3 is 5.11 Å². The average Bonchev–Trinajstić information content (AvgIpc) is 3.08. The summed E-state index contributed by atoms with van der Waals surface area (Å²) < 4.78 is 29.9. The van der Waals surface area contributed by atoms with Gasteiger partial charge in [-0.2, -0.15) is 5.10 Å². The summed E-state index contributed by atoms with van der Waals surface area (Å²) >= 11 is 6.03. The molecule has 0 saturated heterocycles. The number of nitrogens with zero attached hydrogens (tertiary/aromatic N) is 2. The van der Waals surface area contributed by atoms with E-state index in [2.05, 4.69) is 9.82 Å². The van der Waals surface area contributed by atoms with Crippen LogP contribution in [0.1, 0.15) is 21.5 Å². The van der Waals surface area contributed by atoms with Crippen molar-refractivity contribution in [1.29, 1.82) is 0 Å². The topological polar surface area (TPSA) is 101 Å². The third-order valence-electron chi connectivity index (χ3n) is 4.00. The standard InChI is InChI=1S/C18H16ClN3O4S/c1-11-8-12(2)17(10-14(11)18(23)24)27(25,26)21-15-9-13(19)4-5-16(15)22-7-3-6-20-22/h3-10,21H,1-2H3,(H,23,24). The molecule has 140 valence electrons. The van der Waals surface area contributed by atoms with Crippen LogP contribution < -0.4 is 4.72 Å². The zero-order valence-electron chi connectivity index (χ0n) is 14.5. The predicted octanol–water partition coefficient (Wildman–Crippen LogP) is 3.64. The zero-order chi connectivity index (χ0) is 19.8. The number of carboxylic acids is 1. The molecule has 0 saturated carbocycles. The molecule has 2 aromatic carbocycles. The monoisotopic (exact) mass is 405 g/mol. The van der Waals surface area contributed by atoms with Crippen molar-refractivity contribution in [3.05, 3.63) is 70.5 Å². The normalized spacial score (nSPS) is 11.4. The molecule has 0 spiro atoms. The minimum absolute atomic E-state index is 0.0700. The Balaban J connectivity index is 2.10. The van der Waals surface area contributed by atoms with Gasteiger partial charge in [0.15, 0.2) is 0 Å². The Bertz CT molecular complexity index is 1130. The van der Waals surface area contributed by atoms with Crippen LogP contribution >= 0.6 is 11.6 Å². The number of hydrogen-bond donors (Lipinski definition) is 2. The van der Waals surface area contributed by atoms with Crippen molar-refractivity contribution >= 4 is 33.3 Å². The molecule has 0 fully saturated rings. The van der Waals surface area contributed by atoms with Crippen molar-refractivity contribution in [2.24, 2.45) is 0 Å². The van der Waals surface area contributed by atoms with E-state index < -0.39 is 16.0 Å². The molecule has 0 aliphatic carbocycles. The second-order valence-electron chi connectivity index (χ2n) is 5.96. The Labute approximate surface area is 161 Å². The third-order valence-corrected chi connectivity index (χ3v) is 5.74. The van der Waals surface area contributed by atoms with Crippen molar-refractivity contribution in [2.75, 3.05) is 4.72 Å². The average molecular weight is 406 g/mol. The number of anilines is 1. The SMILES string of the molecule is Cc1cc(C)c(S(=O)(=O)Nc2cc(Cl)ccc2-n2cccn2)cc1C(=O)O. The maximum absolute atomic E-state index is 13.0. The summed E-state index contributed by atoms with van der Waals surface area (Å²) in [5.41, 5.74) is 1.56. The second-order valence-corrected chi connectivity index (χ2v) is 8.04. The molecule has 0 unspecified atom stereocenters. The highest BCUT2D eigenvalue weighted by Gasteiger charge is 2.22. The van der Waals surface area contributed by atoms with Gasteiger partial charge in [0.1, 0.15) is 0 Å². The summed E-state index contributed by atoms with van der Waals surface area (Å²) in [7, 11) is -4.06. The van der Waals surface area contributed by atoms with Crippen LogP contribution in [0.2, 0.25) is 5.02 Å². The quantitative estimate of drug-likeness (QED) is 0.674. The van der Waals surface area contributed by atoms with Crippen molar-refractivity contribution < 1.29 is 18.3 Å². The summed E-state index contributed by atoms with van der Waals surface area (Å²) in [5, 5.41) is 13.7. The van der Waals surface area contributed by atoms with Crippen LogP contribution in [-0.4, -0.2) is 29.3 Å². The van der Waals surface area contributed by atoms with Crippen LogP contribution in [0.15, 0.2) is 53.7 Å². The van der Waals surface area contributed by atoms with E-state index in [1.807, 2.05) is 0 Å². The molecule has 7 nitrogen and oxygen atoms in total. The zero-order valence-corrected chi connectivity index (χ0v) is 16.0. The highest BCUT2D eigenvalue weighted by Crippen LogP contribution is 2.28. The first-order chi connectivity index (χ1) is 12.7. The first-order valence-corrected chi connectivity index (χ1v) is 9.72. The molecule has 0 amide bonds. The molecular formula is C18H16ClN3O4S. The van der Waals surface area contributed by atoms with Gasteiger partial charge in [-0.05, 0) is 55.3 Å². The van der Waals surface area contributed by atoms with Gasteiger partial charge in [0, 0.05) is 17.4 Å². The molecular weight excluding hydrogens is 390 g/mol. The minimum atomic E-state index is -4.06. The number of aromatic nitrogens is 2. The fourth-order valence-corrected chi connectivity index (χ4v) is 4.24. The van der Waals surface area contributed by atoms with Crippen LogP contribution in [0.25, 0.3) is 5.69 Å². The number of hydrogen-bond acceptors (Lipinski definition) is 4. The molecule has 0 aliphatic heterocycles. The van der Waals surface area contributed by atoms with E-state index in [1.165, 1.54) is 16.8 Å². The van der Waals surface area contributed by atoms with Crippen LogP contribution in [0.4, 0.5) is 5.69 Å². The number of nitrogens with one attached hydrogen (secondary N) is 1. The summed E-state index contributed by atoms with van der Waals surface area (Å²) in [6.07, 6.45) is 3.23. The molecule has 0 radical (unpaired) electrons. The number of aromatic carboxylic acids is 1. The Morgan fingerprint density at radius 3 is 2.56 bits per heavy atom. The van der Waals surface area contributed by atoms with E-state index in [0.717, 1.165) is 6.07 Å². The van der Waals surface area contributed by atoms with Crippen LogP contribution in [0.5, 0.6) is 0 Å². The molecule has 27 heavy (non-hydrogen) atoms. The lowest BCUT2D eigenvalue weighted by Crippen LogP contribution is -2.17. The molecule has 0 aliphatic rings. The Morgan fingerprint density at radius 2 is 1.93 bits per heavy atom. The lowest BCUT2D eigenvalue weighted by Gasteiger charge is -2.15. The van der Waals surface area contributed by atoms with Gasteiger partial charge in [0.2, 0.25) is 0 Å². The van der Waals surface area contributed by atoms with E-state index in [9.17, 15) is 18.3 Å². The number of aryl methyl sites for hydroxylation is 2. The maximum atomic E-state index is 13.0. The molecule has 1 aromatic heterocycles. The first kappa shape index (κ1) is 18.9. The summed E-state index contributed by atoms with van der Waals surface area (Å²) in [6, 6.07) is 9.12. The van der Waals surface area contributed by atoms with Gasteiger partial charge in [-0.15, -0.1) is 0 Å². The van der Waals surface area contributed by atoms with Gasteiger partial charge >= 0.3 is 5.97 Å². The van der Waals surface area contributed by atoms with E-state index in [-0.39, 0.29) is 16.1 Å². The van der Waals surface area contributed by atoms with Gasteiger partial charge in [0.05, 0.1) is 21.8 Å². The highest BCUT2D eigenvalue weighted by molar-refractivity contribution is 7.92. The smallest absolute Gasteiger partial charge is 0.335 e. The van der Waals surface area contributed by atoms with Crippen molar-refractivity contribution in [3.63, 3.8) is 0 Å². The lowest BCUT2D eigenvalue weighted by atomic mass is 10.1. The summed E-state index contributed by atoms with van der Waals surface area (Å²) in [6.45, 7) is 3.23. The van der Waals surface area contributed by atoms with E-state index in [4.69, 9.17) is 11.6 Å². The Kier molecular flexibility index (Phi) is 4.95. The molecule has 2 N–H and O–H groups in total. The van der Waals surface area contributed by atoms with E-state index in [0.29, 0.717) is 21.8 Å². The van der Waals surface area contributed by atoms with Crippen LogP contribution in [-0.2, 0) is 10.0 Å². The molecule has 1 heterocycles. The maximum Gasteiger partial charge on any atom is 0.335 e.